The van der Waals surface area contributed by atoms with Crippen molar-refractivity contribution < 1.29 is 4.79 Å². The quantitative estimate of drug-likeness (QED) is 0.695. The number of amides is 1. The summed E-state index contributed by atoms with van der Waals surface area (Å²) >= 11 is 19.5. The molecule has 1 heterocycles. The summed E-state index contributed by atoms with van der Waals surface area (Å²) in [6, 6.07) is 7.18. The summed E-state index contributed by atoms with van der Waals surface area (Å²) < 4.78 is 0. The first-order valence-corrected chi connectivity index (χ1v) is 8.29. The maximum atomic E-state index is 11.8. The van der Waals surface area contributed by atoms with Gasteiger partial charge in [-0.25, -0.2) is 0 Å². The summed E-state index contributed by atoms with van der Waals surface area (Å²) in [5.41, 5.74) is 5.75. The smallest absolute Gasteiger partial charge is 0.238 e. The monoisotopic (exact) mass is 362 g/mol. The van der Waals surface area contributed by atoms with Crippen LogP contribution in [0.25, 0.3) is 0 Å². The first-order chi connectivity index (χ1) is 10.1. The van der Waals surface area contributed by atoms with Gasteiger partial charge in [0.2, 0.25) is 5.91 Å². The third-order valence-electron chi connectivity index (χ3n) is 2.74. The van der Waals surface area contributed by atoms with E-state index in [1.54, 1.807) is 23.5 Å². The molecule has 7 heteroatoms. The number of thiophene rings is 1. The second-order valence-electron chi connectivity index (χ2n) is 4.35. The van der Waals surface area contributed by atoms with Crippen molar-refractivity contribution in [3.05, 3.63) is 49.6 Å². The van der Waals surface area contributed by atoms with Gasteiger partial charge >= 0.3 is 0 Å². The lowest BCUT2D eigenvalue weighted by molar-refractivity contribution is -0.120. The highest BCUT2D eigenvalue weighted by Crippen LogP contribution is 2.33. The maximum Gasteiger partial charge on any atom is 0.238 e. The first-order valence-electron chi connectivity index (χ1n) is 6.28. The Labute approximate surface area is 142 Å². The van der Waals surface area contributed by atoms with Gasteiger partial charge in [0.1, 0.15) is 0 Å². The number of hydrogen-bond acceptors (Lipinski definition) is 3. The molecule has 1 amide bonds. The highest BCUT2D eigenvalue weighted by Gasteiger charge is 2.09. The molecule has 0 aliphatic rings. The highest BCUT2D eigenvalue weighted by atomic mass is 35.5. The molecule has 112 valence electrons. The molecule has 0 aliphatic heterocycles. The van der Waals surface area contributed by atoms with Crippen LogP contribution < -0.4 is 10.9 Å². The fourth-order valence-electron chi connectivity index (χ4n) is 1.73. The van der Waals surface area contributed by atoms with Crippen LogP contribution in [0, 0.1) is 0 Å². The zero-order chi connectivity index (χ0) is 15.2. The average molecular weight is 364 g/mol. The zero-order valence-electron chi connectivity index (χ0n) is 11.0. The fraction of sp³-hybridized carbons (Fsp3) is 0.214. The normalized spacial score (nSPS) is 10.4. The van der Waals surface area contributed by atoms with E-state index in [9.17, 15) is 4.79 Å². The minimum atomic E-state index is -0.117. The van der Waals surface area contributed by atoms with Crippen LogP contribution >= 0.6 is 46.1 Å². The van der Waals surface area contributed by atoms with Gasteiger partial charge in [-0.15, -0.1) is 11.3 Å². The Balaban J connectivity index is 1.79. The Morgan fingerprint density at radius 3 is 2.52 bits per heavy atom. The second-order valence-corrected chi connectivity index (χ2v) is 6.63. The van der Waals surface area contributed by atoms with E-state index in [2.05, 4.69) is 16.9 Å². The van der Waals surface area contributed by atoms with Crippen molar-refractivity contribution in [2.24, 2.45) is 0 Å². The van der Waals surface area contributed by atoms with Crippen LogP contribution in [0.5, 0.6) is 0 Å². The lowest BCUT2D eigenvalue weighted by Gasteiger charge is -2.12. The van der Waals surface area contributed by atoms with E-state index >= 15 is 0 Å². The van der Waals surface area contributed by atoms with E-state index in [4.69, 9.17) is 34.8 Å². The topological polar surface area (TPSA) is 41.1 Å². The molecule has 0 saturated carbocycles. The molecular formula is C14H13Cl3N2OS. The summed E-state index contributed by atoms with van der Waals surface area (Å²) in [5.74, 6) is -0.117. The van der Waals surface area contributed by atoms with Crippen LogP contribution in [0.2, 0.25) is 15.1 Å². The van der Waals surface area contributed by atoms with Crippen molar-refractivity contribution in [3.8, 4) is 0 Å². The van der Waals surface area contributed by atoms with E-state index in [0.29, 0.717) is 27.2 Å². The van der Waals surface area contributed by atoms with Crippen molar-refractivity contribution >= 4 is 57.7 Å². The SMILES string of the molecule is O=C(CCCc1cccs1)NNc1c(Cl)cc(Cl)cc1Cl. The van der Waals surface area contributed by atoms with Crippen molar-refractivity contribution in [1.82, 2.24) is 5.43 Å². The van der Waals surface area contributed by atoms with Crippen LogP contribution in [-0.4, -0.2) is 5.91 Å². The van der Waals surface area contributed by atoms with Gasteiger partial charge < -0.3 is 0 Å². The van der Waals surface area contributed by atoms with E-state index < -0.39 is 0 Å². The standard InChI is InChI=1S/C14H13Cl3N2OS/c15-9-7-11(16)14(12(17)8-9)19-18-13(20)5-1-3-10-4-2-6-21-10/h2,4,6-8,19H,1,3,5H2,(H,18,20). The molecule has 0 unspecified atom stereocenters. The Morgan fingerprint density at radius 2 is 1.90 bits per heavy atom. The molecule has 2 N–H and O–H groups in total. The fourth-order valence-corrected chi connectivity index (χ4v) is 3.40. The molecule has 1 aromatic carbocycles. The highest BCUT2D eigenvalue weighted by molar-refractivity contribution is 7.09. The van der Waals surface area contributed by atoms with Crippen molar-refractivity contribution in [2.75, 3.05) is 5.43 Å². The lowest BCUT2D eigenvalue weighted by atomic mass is 10.2. The third-order valence-corrected chi connectivity index (χ3v) is 4.49. The van der Waals surface area contributed by atoms with Gasteiger partial charge in [0.05, 0.1) is 15.7 Å². The summed E-state index contributed by atoms with van der Waals surface area (Å²) in [4.78, 5) is 13.0. The summed E-state index contributed by atoms with van der Waals surface area (Å²) in [5, 5.41) is 3.18. The molecule has 3 nitrogen and oxygen atoms in total. The van der Waals surface area contributed by atoms with Crippen molar-refractivity contribution in [1.29, 1.82) is 0 Å². The van der Waals surface area contributed by atoms with Crippen molar-refractivity contribution in [2.45, 2.75) is 19.3 Å². The van der Waals surface area contributed by atoms with Gasteiger partial charge in [0.15, 0.2) is 0 Å². The Kier molecular flexibility index (Phi) is 6.18. The molecule has 0 radical (unpaired) electrons. The Bertz CT molecular complexity index is 594. The lowest BCUT2D eigenvalue weighted by Crippen LogP contribution is -2.29. The molecule has 0 saturated heterocycles. The molecular weight excluding hydrogens is 351 g/mol. The van der Waals surface area contributed by atoms with Gasteiger partial charge in [-0.1, -0.05) is 40.9 Å². The van der Waals surface area contributed by atoms with Gasteiger partial charge in [-0.05, 0) is 36.4 Å². The van der Waals surface area contributed by atoms with E-state index in [-0.39, 0.29) is 5.91 Å². The van der Waals surface area contributed by atoms with Gasteiger partial charge in [0.25, 0.3) is 0 Å². The number of hydrazine groups is 1. The number of hydrogen-bond donors (Lipinski definition) is 2. The van der Waals surface area contributed by atoms with Crippen LogP contribution in [0.4, 0.5) is 5.69 Å². The molecule has 2 rings (SSSR count). The number of carbonyl (C=O) groups is 1. The second kappa shape index (κ2) is 7.90. The number of nitrogens with one attached hydrogen (secondary N) is 2. The molecule has 0 bridgehead atoms. The minimum Gasteiger partial charge on any atom is -0.296 e. The number of rotatable bonds is 6. The maximum absolute atomic E-state index is 11.8. The molecule has 0 atom stereocenters. The minimum absolute atomic E-state index is 0.117. The predicted octanol–water partition coefficient (Wildman–Crippen LogP) is 5.17. The number of anilines is 1. The van der Waals surface area contributed by atoms with Crippen LogP contribution in [-0.2, 0) is 11.2 Å². The molecule has 0 fully saturated rings. The van der Waals surface area contributed by atoms with E-state index in [1.807, 2.05) is 11.4 Å². The van der Waals surface area contributed by atoms with E-state index in [1.165, 1.54) is 4.88 Å². The van der Waals surface area contributed by atoms with Crippen LogP contribution in [0.3, 0.4) is 0 Å². The Morgan fingerprint density at radius 1 is 1.19 bits per heavy atom. The molecule has 21 heavy (non-hydrogen) atoms. The predicted molar refractivity (Wildman–Crippen MR) is 90.5 cm³/mol. The van der Waals surface area contributed by atoms with Crippen molar-refractivity contribution in [3.63, 3.8) is 0 Å². The number of benzene rings is 1. The number of carbonyl (C=O) groups excluding carboxylic acids is 1. The van der Waals surface area contributed by atoms with Crippen LogP contribution in [0.1, 0.15) is 17.7 Å². The third kappa shape index (κ3) is 5.08. The summed E-state index contributed by atoms with van der Waals surface area (Å²) in [6.07, 6.45) is 2.11. The molecule has 1 aromatic heterocycles. The molecule has 0 spiro atoms. The zero-order valence-corrected chi connectivity index (χ0v) is 14.0. The summed E-state index contributed by atoms with van der Waals surface area (Å²) in [6.45, 7) is 0. The van der Waals surface area contributed by atoms with Gasteiger partial charge in [-0.2, -0.15) is 0 Å². The van der Waals surface area contributed by atoms with Gasteiger partial charge in [0, 0.05) is 16.3 Å². The molecule has 0 aliphatic carbocycles. The summed E-state index contributed by atoms with van der Waals surface area (Å²) in [7, 11) is 0. The van der Waals surface area contributed by atoms with Gasteiger partial charge in [-0.3, -0.25) is 15.6 Å². The first kappa shape index (κ1) is 16.4. The average Bonchev–Trinajstić information content (AvgIpc) is 2.90. The Hall–Kier alpha value is -0.940. The number of halogens is 3. The largest absolute Gasteiger partial charge is 0.296 e. The molecule has 2 aromatic rings. The van der Waals surface area contributed by atoms with E-state index in [0.717, 1.165) is 12.8 Å². The number of aryl methyl sites for hydroxylation is 1. The van der Waals surface area contributed by atoms with Crippen LogP contribution in [0.15, 0.2) is 29.6 Å².